The number of aromatic nitrogens is 3. The van der Waals surface area contributed by atoms with Crippen LogP contribution in [0, 0.1) is 5.82 Å². The average molecular weight is 517 g/mol. The van der Waals surface area contributed by atoms with Crippen molar-refractivity contribution < 1.29 is 19.2 Å². The molecule has 4 aromatic rings. The third-order valence-corrected chi connectivity index (χ3v) is 7.13. The maximum atomic E-state index is 13.7. The van der Waals surface area contributed by atoms with Crippen molar-refractivity contribution in [2.75, 3.05) is 13.6 Å². The number of fused-ring (bicyclic) bond motifs is 2. The summed E-state index contributed by atoms with van der Waals surface area (Å²) in [4.78, 5) is 29.3. The Hall–Kier alpha value is -4.28. The zero-order chi connectivity index (χ0) is 26.6. The van der Waals surface area contributed by atoms with Crippen LogP contribution in [0.5, 0.6) is 0 Å². The van der Waals surface area contributed by atoms with Crippen LogP contribution in [0.15, 0.2) is 54.9 Å². The second-order valence-electron chi connectivity index (χ2n) is 9.40. The zero-order valence-corrected chi connectivity index (χ0v) is 20.9. The highest BCUT2D eigenvalue weighted by Crippen LogP contribution is 2.38. The molecule has 1 aliphatic rings. The fraction of sp³-hybridized carbons (Fsp3) is 0.250. The first-order valence-electron chi connectivity index (χ1n) is 12.5. The molecule has 1 unspecified atom stereocenters. The van der Waals surface area contributed by atoms with Crippen molar-refractivity contribution in [2.24, 2.45) is 0 Å². The van der Waals surface area contributed by atoms with Crippen LogP contribution in [0.3, 0.4) is 0 Å². The average Bonchev–Trinajstić information content (AvgIpc) is 3.67. The summed E-state index contributed by atoms with van der Waals surface area (Å²) in [5, 5.41) is 19.3. The van der Waals surface area contributed by atoms with Gasteiger partial charge in [-0.05, 0) is 65.8 Å². The van der Waals surface area contributed by atoms with Gasteiger partial charge < -0.3 is 10.3 Å². The van der Waals surface area contributed by atoms with Crippen molar-refractivity contribution in [3.8, 4) is 0 Å². The number of benzene rings is 2. The predicted molar refractivity (Wildman–Crippen MR) is 141 cm³/mol. The summed E-state index contributed by atoms with van der Waals surface area (Å²) in [6.45, 7) is 1.24. The molecule has 38 heavy (non-hydrogen) atoms. The summed E-state index contributed by atoms with van der Waals surface area (Å²) in [5.41, 5.74) is 8.01. The second-order valence-corrected chi connectivity index (χ2v) is 9.40. The number of hydroxylamine groups is 1. The minimum atomic E-state index is -0.582. The van der Waals surface area contributed by atoms with Crippen molar-refractivity contribution in [3.63, 3.8) is 0 Å². The molecule has 2 heterocycles. The van der Waals surface area contributed by atoms with Crippen molar-refractivity contribution in [3.05, 3.63) is 94.2 Å². The first-order chi connectivity index (χ1) is 18.5. The normalized spacial score (nSPS) is 14.9. The molecule has 0 aliphatic heterocycles. The molecular formula is C28H29FN6O3. The lowest BCUT2D eigenvalue weighted by Crippen LogP contribution is -2.30. The van der Waals surface area contributed by atoms with Gasteiger partial charge in [-0.2, -0.15) is 5.10 Å². The number of hydrogen-bond donors (Lipinski definition) is 5. The molecule has 0 radical (unpaired) electrons. The molecule has 0 saturated carbocycles. The van der Waals surface area contributed by atoms with Gasteiger partial charge in [0, 0.05) is 54.9 Å². The molecule has 10 heteroatoms. The Bertz CT molecular complexity index is 1510. The van der Waals surface area contributed by atoms with Gasteiger partial charge in [-0.3, -0.25) is 24.8 Å². The highest BCUT2D eigenvalue weighted by Gasteiger charge is 2.29. The van der Waals surface area contributed by atoms with Crippen LogP contribution in [0.2, 0.25) is 0 Å². The van der Waals surface area contributed by atoms with E-state index in [9.17, 15) is 14.0 Å². The van der Waals surface area contributed by atoms with Crippen LogP contribution in [-0.4, -0.2) is 50.7 Å². The number of nitrogens with one attached hydrogen (secondary N) is 4. The van der Waals surface area contributed by atoms with Gasteiger partial charge in [0.05, 0.1) is 6.20 Å². The maximum absolute atomic E-state index is 13.7. The van der Waals surface area contributed by atoms with E-state index in [0.29, 0.717) is 18.8 Å². The second kappa shape index (κ2) is 11.0. The Morgan fingerprint density at radius 1 is 1.24 bits per heavy atom. The molecule has 0 bridgehead atoms. The Morgan fingerprint density at radius 3 is 2.92 bits per heavy atom. The smallest absolute Gasteiger partial charge is 0.269 e. The molecule has 1 aliphatic carbocycles. The van der Waals surface area contributed by atoms with E-state index < -0.39 is 5.91 Å². The lowest BCUT2D eigenvalue weighted by molar-refractivity contribution is -0.124. The summed E-state index contributed by atoms with van der Waals surface area (Å²) in [6, 6.07) is 11.0. The number of carbonyl (C=O) groups is 2. The van der Waals surface area contributed by atoms with E-state index in [1.807, 2.05) is 12.3 Å². The van der Waals surface area contributed by atoms with Gasteiger partial charge in [0.1, 0.15) is 11.5 Å². The number of halogens is 1. The van der Waals surface area contributed by atoms with Crippen molar-refractivity contribution in [1.29, 1.82) is 0 Å². The zero-order valence-electron chi connectivity index (χ0n) is 20.9. The lowest BCUT2D eigenvalue weighted by atomic mass is 10.0. The van der Waals surface area contributed by atoms with E-state index in [4.69, 9.17) is 5.21 Å². The van der Waals surface area contributed by atoms with Crippen LogP contribution in [0.25, 0.3) is 17.0 Å². The molecule has 9 nitrogen and oxygen atoms in total. The molecule has 2 aromatic heterocycles. The van der Waals surface area contributed by atoms with Crippen LogP contribution in [-0.2, 0) is 24.2 Å². The largest absolute Gasteiger partial charge is 0.361 e. The fourth-order valence-electron chi connectivity index (χ4n) is 5.25. The Balaban J connectivity index is 1.42. The van der Waals surface area contributed by atoms with Gasteiger partial charge in [0.15, 0.2) is 0 Å². The number of nitrogens with zero attached hydrogens (tertiary/aromatic N) is 2. The third-order valence-electron chi connectivity index (χ3n) is 7.13. The number of hydrogen-bond acceptors (Lipinski definition) is 5. The van der Waals surface area contributed by atoms with Gasteiger partial charge >= 0.3 is 0 Å². The van der Waals surface area contributed by atoms with Crippen molar-refractivity contribution >= 4 is 28.8 Å². The monoisotopic (exact) mass is 516 g/mol. The topological polar surface area (TPSA) is 126 Å². The Kier molecular flexibility index (Phi) is 7.34. The molecule has 2 aromatic carbocycles. The molecule has 0 fully saturated rings. The van der Waals surface area contributed by atoms with Crippen LogP contribution in [0.4, 0.5) is 4.39 Å². The molecule has 0 saturated heterocycles. The number of aromatic amines is 2. The molecule has 5 N–H and O–H groups in total. The summed E-state index contributed by atoms with van der Waals surface area (Å²) in [7, 11) is 1.59. The highest BCUT2D eigenvalue weighted by molar-refractivity contribution is 5.93. The first-order valence-corrected chi connectivity index (χ1v) is 12.5. The van der Waals surface area contributed by atoms with E-state index in [0.717, 1.165) is 46.9 Å². The van der Waals surface area contributed by atoms with Crippen LogP contribution >= 0.6 is 0 Å². The third kappa shape index (κ3) is 5.22. The van der Waals surface area contributed by atoms with Gasteiger partial charge in [0.25, 0.3) is 11.8 Å². The number of carbonyl (C=O) groups excluding carboxylic acids is 2. The number of H-pyrrole nitrogens is 2. The summed E-state index contributed by atoms with van der Waals surface area (Å²) < 4.78 is 13.7. The van der Waals surface area contributed by atoms with E-state index >= 15 is 0 Å². The van der Waals surface area contributed by atoms with E-state index in [-0.39, 0.29) is 17.8 Å². The van der Waals surface area contributed by atoms with Gasteiger partial charge in [-0.1, -0.05) is 18.2 Å². The van der Waals surface area contributed by atoms with Crippen LogP contribution in [0.1, 0.15) is 50.8 Å². The number of rotatable bonds is 9. The first kappa shape index (κ1) is 25.4. The SMILES string of the molecule is CNC(=O)c1[nH]ncc1CN(CCc1c[nH]c2cc(F)ccc12)C1CCc2cc(C=CC(=O)NO)ccc21. The van der Waals surface area contributed by atoms with E-state index in [1.165, 1.54) is 29.3 Å². The molecule has 196 valence electrons. The minimum absolute atomic E-state index is 0.124. The summed E-state index contributed by atoms with van der Waals surface area (Å²) in [6.07, 6.45) is 9.10. The van der Waals surface area contributed by atoms with E-state index in [2.05, 4.69) is 37.5 Å². The van der Waals surface area contributed by atoms with Gasteiger partial charge in [0.2, 0.25) is 0 Å². The summed E-state index contributed by atoms with van der Waals surface area (Å²) >= 11 is 0. The molecule has 0 spiro atoms. The molecule has 5 rings (SSSR count). The Labute approximate surface area is 218 Å². The summed E-state index contributed by atoms with van der Waals surface area (Å²) in [5.74, 6) is -1.07. The minimum Gasteiger partial charge on any atom is -0.361 e. The van der Waals surface area contributed by atoms with Crippen molar-refractivity contribution in [2.45, 2.75) is 31.8 Å². The van der Waals surface area contributed by atoms with Crippen LogP contribution < -0.4 is 10.8 Å². The lowest BCUT2D eigenvalue weighted by Gasteiger charge is -2.30. The highest BCUT2D eigenvalue weighted by atomic mass is 19.1. The predicted octanol–water partition coefficient (Wildman–Crippen LogP) is 3.64. The number of aryl methyl sites for hydroxylation is 1. The Morgan fingerprint density at radius 2 is 2.11 bits per heavy atom. The van der Waals surface area contributed by atoms with Gasteiger partial charge in [-0.25, -0.2) is 9.87 Å². The number of amides is 2. The fourth-order valence-corrected chi connectivity index (χ4v) is 5.25. The van der Waals surface area contributed by atoms with E-state index in [1.54, 1.807) is 30.9 Å². The molecule has 2 amide bonds. The quantitative estimate of drug-likeness (QED) is 0.132. The standard InChI is InChI=1S/C28H29FN6O3/c1-30-28(37)27-20(15-32-33-27)16-35(11-10-19-14-31-24-13-21(29)5-7-22(19)24)25-8-4-18-12-17(2-6-23(18)25)3-9-26(36)34-38/h2-3,5-7,9,12-15,25,31,38H,4,8,10-11,16H2,1H3,(H,30,37)(H,32,33)(H,34,36). The molecule has 1 atom stereocenters. The van der Waals surface area contributed by atoms with Crippen molar-refractivity contribution in [1.82, 2.24) is 30.9 Å². The maximum Gasteiger partial charge on any atom is 0.269 e. The molecular weight excluding hydrogens is 487 g/mol. The van der Waals surface area contributed by atoms with Gasteiger partial charge in [-0.15, -0.1) is 0 Å².